The van der Waals surface area contributed by atoms with Gasteiger partial charge >= 0.3 is 0 Å². The van der Waals surface area contributed by atoms with Gasteiger partial charge in [0.05, 0.1) is 16.7 Å². The first-order valence-electron chi connectivity index (χ1n) is 15.6. The number of hydrogen-bond donors (Lipinski definition) is 0. The molecule has 1 heteroatoms. The van der Waals surface area contributed by atoms with Crippen LogP contribution in [-0.2, 0) is 11.8 Å². The van der Waals surface area contributed by atoms with Crippen molar-refractivity contribution in [2.24, 2.45) is 0 Å². The van der Waals surface area contributed by atoms with Crippen molar-refractivity contribution in [3.8, 4) is 27.9 Å². The Morgan fingerprint density at radius 1 is 0.558 bits per heavy atom. The topological polar surface area (TPSA) is 4.93 Å². The Kier molecular flexibility index (Phi) is 5.20. The molecule has 2 aliphatic rings. The summed E-state index contributed by atoms with van der Waals surface area (Å²) in [6.45, 7) is 4.81. The van der Waals surface area contributed by atoms with Crippen LogP contribution in [-0.4, -0.2) is 4.57 Å². The number of aryl methyl sites for hydroxylation is 1. The third-order valence-electron chi connectivity index (χ3n) is 10.2. The third-order valence-corrected chi connectivity index (χ3v) is 10.2. The van der Waals surface area contributed by atoms with Gasteiger partial charge in [0, 0.05) is 27.7 Å². The fraction of sp³-hybridized carbons (Fsp3) is 0.143. The van der Waals surface area contributed by atoms with Gasteiger partial charge in [0.2, 0.25) is 0 Å². The Bertz CT molecular complexity index is 2130. The second kappa shape index (κ2) is 9.06. The van der Waals surface area contributed by atoms with E-state index in [0.717, 1.165) is 12.8 Å². The average molecular weight is 552 g/mol. The minimum absolute atomic E-state index is 0.0675. The van der Waals surface area contributed by atoms with Crippen molar-refractivity contribution in [2.45, 2.75) is 38.0 Å². The van der Waals surface area contributed by atoms with Gasteiger partial charge in [0.25, 0.3) is 0 Å². The predicted molar refractivity (Wildman–Crippen MR) is 180 cm³/mol. The Labute approximate surface area is 253 Å². The maximum atomic E-state index is 2.51. The second-order valence-electron chi connectivity index (χ2n) is 12.8. The maximum absolute atomic E-state index is 2.51. The summed E-state index contributed by atoms with van der Waals surface area (Å²) in [6.07, 6.45) is 2.18. The molecule has 0 atom stereocenters. The Balaban J connectivity index is 1.14. The summed E-state index contributed by atoms with van der Waals surface area (Å²) in [5.74, 6) is 0.452. The Morgan fingerprint density at radius 3 is 1.84 bits per heavy atom. The van der Waals surface area contributed by atoms with E-state index in [4.69, 9.17) is 0 Å². The van der Waals surface area contributed by atoms with Gasteiger partial charge in [-0.15, -0.1) is 0 Å². The van der Waals surface area contributed by atoms with Gasteiger partial charge in [-0.05, 0) is 75.5 Å². The van der Waals surface area contributed by atoms with Crippen molar-refractivity contribution in [1.82, 2.24) is 4.57 Å². The molecule has 0 unspecified atom stereocenters. The molecule has 1 aromatic heterocycles. The quantitative estimate of drug-likeness (QED) is 0.205. The van der Waals surface area contributed by atoms with Crippen molar-refractivity contribution in [1.29, 1.82) is 0 Å². The molecule has 6 aromatic carbocycles. The zero-order valence-corrected chi connectivity index (χ0v) is 24.6. The normalized spacial score (nSPS) is 14.6. The molecule has 1 heterocycles. The first-order valence-corrected chi connectivity index (χ1v) is 15.6. The highest BCUT2D eigenvalue weighted by molar-refractivity contribution is 6.10. The zero-order chi connectivity index (χ0) is 28.7. The highest BCUT2D eigenvalue weighted by Gasteiger charge is 2.37. The standard InChI is InChI=1S/C42H33N/c1-42(2)36-18-11-21-40(43-38-19-9-7-16-33(38)34-17-8-10-20-39(34)43)41(36)35-25-23-27(26-37(35)42)22-24-32-30-14-5-3-12-28(30)29-13-4-6-15-31(29)32/h3-21,23,25-26,32H,22,24H2,1-2H3. The molecule has 9 rings (SSSR count). The predicted octanol–water partition coefficient (Wildman–Crippen LogP) is 10.8. The van der Waals surface area contributed by atoms with E-state index in [2.05, 4.69) is 152 Å². The molecule has 0 N–H and O–H groups in total. The number of benzene rings is 6. The van der Waals surface area contributed by atoms with Crippen LogP contribution in [0.2, 0.25) is 0 Å². The monoisotopic (exact) mass is 551 g/mol. The van der Waals surface area contributed by atoms with Crippen molar-refractivity contribution >= 4 is 21.8 Å². The van der Waals surface area contributed by atoms with Gasteiger partial charge in [-0.1, -0.05) is 129 Å². The molecule has 1 nitrogen and oxygen atoms in total. The van der Waals surface area contributed by atoms with Gasteiger partial charge in [-0.25, -0.2) is 0 Å². The van der Waals surface area contributed by atoms with Crippen LogP contribution >= 0.6 is 0 Å². The highest BCUT2D eigenvalue weighted by Crippen LogP contribution is 2.52. The lowest BCUT2D eigenvalue weighted by molar-refractivity contribution is 0.657. The number of nitrogens with zero attached hydrogens (tertiary/aromatic N) is 1. The Morgan fingerprint density at radius 2 is 1.16 bits per heavy atom. The van der Waals surface area contributed by atoms with E-state index in [1.54, 1.807) is 0 Å². The zero-order valence-electron chi connectivity index (χ0n) is 24.6. The van der Waals surface area contributed by atoms with Crippen LogP contribution in [0.15, 0.2) is 133 Å². The molecule has 43 heavy (non-hydrogen) atoms. The van der Waals surface area contributed by atoms with Gasteiger partial charge in [0.1, 0.15) is 0 Å². The first-order chi connectivity index (χ1) is 21.1. The van der Waals surface area contributed by atoms with E-state index in [1.165, 1.54) is 77.6 Å². The van der Waals surface area contributed by atoms with Crippen molar-refractivity contribution in [3.05, 3.63) is 161 Å². The summed E-state index contributed by atoms with van der Waals surface area (Å²) < 4.78 is 2.48. The van der Waals surface area contributed by atoms with Crippen molar-refractivity contribution in [2.75, 3.05) is 0 Å². The van der Waals surface area contributed by atoms with Crippen LogP contribution in [0.4, 0.5) is 0 Å². The summed E-state index contributed by atoms with van der Waals surface area (Å²) in [7, 11) is 0. The number of rotatable bonds is 4. The first kappa shape index (κ1) is 24.7. The summed E-state index contributed by atoms with van der Waals surface area (Å²) in [5.41, 5.74) is 16.5. The van der Waals surface area contributed by atoms with Gasteiger partial charge < -0.3 is 4.57 Å². The van der Waals surface area contributed by atoms with Gasteiger partial charge in [0.15, 0.2) is 0 Å². The number of aromatic nitrogens is 1. The molecule has 0 spiro atoms. The molecular formula is C42H33N. The fourth-order valence-electron chi connectivity index (χ4n) is 8.22. The van der Waals surface area contributed by atoms with Crippen LogP contribution in [0.3, 0.4) is 0 Å². The minimum Gasteiger partial charge on any atom is -0.309 e. The minimum atomic E-state index is -0.0675. The van der Waals surface area contributed by atoms with E-state index in [0.29, 0.717) is 5.92 Å². The third kappa shape index (κ3) is 3.45. The van der Waals surface area contributed by atoms with Gasteiger partial charge in [-0.2, -0.15) is 0 Å². The molecule has 206 valence electrons. The molecule has 0 aliphatic heterocycles. The van der Waals surface area contributed by atoms with Crippen molar-refractivity contribution in [3.63, 3.8) is 0 Å². The maximum Gasteiger partial charge on any atom is 0.0543 e. The Hall–Kier alpha value is -4.88. The van der Waals surface area contributed by atoms with Crippen LogP contribution < -0.4 is 0 Å². The summed E-state index contributed by atoms with van der Waals surface area (Å²) in [6, 6.07) is 49.8. The van der Waals surface area contributed by atoms with E-state index < -0.39 is 0 Å². The van der Waals surface area contributed by atoms with E-state index in [9.17, 15) is 0 Å². The van der Waals surface area contributed by atoms with Gasteiger partial charge in [-0.3, -0.25) is 0 Å². The lowest BCUT2D eigenvalue weighted by atomic mass is 9.81. The molecule has 7 aromatic rings. The average Bonchev–Trinajstić information content (AvgIpc) is 3.64. The lowest BCUT2D eigenvalue weighted by Crippen LogP contribution is -2.15. The van der Waals surface area contributed by atoms with E-state index in [1.807, 2.05) is 0 Å². The molecule has 0 bridgehead atoms. The van der Waals surface area contributed by atoms with Crippen molar-refractivity contribution < 1.29 is 0 Å². The van der Waals surface area contributed by atoms with Crippen LogP contribution in [0, 0.1) is 0 Å². The molecule has 0 saturated carbocycles. The van der Waals surface area contributed by atoms with Crippen LogP contribution in [0.1, 0.15) is 54.0 Å². The van der Waals surface area contributed by atoms with Crippen LogP contribution in [0.25, 0.3) is 49.7 Å². The molecule has 0 fully saturated rings. The second-order valence-corrected chi connectivity index (χ2v) is 12.8. The molecule has 2 aliphatic carbocycles. The fourth-order valence-corrected chi connectivity index (χ4v) is 8.22. The molecule has 0 saturated heterocycles. The van der Waals surface area contributed by atoms with Crippen LogP contribution in [0.5, 0.6) is 0 Å². The number of para-hydroxylation sites is 2. The SMILES string of the molecule is CC1(C)c2cc(CCC3c4ccccc4-c4ccccc43)ccc2-c2c(-n3c4ccccc4c4ccccc43)cccc21. The smallest absolute Gasteiger partial charge is 0.0543 e. The van der Waals surface area contributed by atoms with E-state index in [-0.39, 0.29) is 5.41 Å². The summed E-state index contributed by atoms with van der Waals surface area (Å²) >= 11 is 0. The lowest BCUT2D eigenvalue weighted by Gasteiger charge is -2.22. The number of hydrogen-bond acceptors (Lipinski definition) is 0. The molecular weight excluding hydrogens is 518 g/mol. The molecule has 0 amide bonds. The largest absolute Gasteiger partial charge is 0.309 e. The molecule has 0 radical (unpaired) electrons. The highest BCUT2D eigenvalue weighted by atomic mass is 15.0. The van der Waals surface area contributed by atoms with E-state index >= 15 is 0 Å². The summed E-state index contributed by atoms with van der Waals surface area (Å²) in [5, 5.41) is 2.61. The summed E-state index contributed by atoms with van der Waals surface area (Å²) in [4.78, 5) is 0. The number of fused-ring (bicyclic) bond motifs is 9.